The summed E-state index contributed by atoms with van der Waals surface area (Å²) in [6.45, 7) is 0. The van der Waals surface area contributed by atoms with Crippen LogP contribution in [-0.2, 0) is 11.2 Å². The Morgan fingerprint density at radius 2 is 1.52 bits per heavy atom. The Bertz CT molecular complexity index is 763. The monoisotopic (exact) mass is 365 g/mol. The van der Waals surface area contributed by atoms with Crippen LogP contribution in [0.2, 0.25) is 5.02 Å². The molecule has 6 nitrogen and oxygen atoms in total. The molecule has 0 heterocycles. The second kappa shape index (κ2) is 8.48. The summed E-state index contributed by atoms with van der Waals surface area (Å²) in [5.41, 5.74) is 1.27. The van der Waals surface area contributed by atoms with Gasteiger partial charge in [0.25, 0.3) is 0 Å². The molecule has 7 heteroatoms. The first-order valence-electron chi connectivity index (χ1n) is 7.44. The lowest BCUT2D eigenvalue weighted by atomic mass is 10.1. The molecule has 2 aromatic carbocycles. The van der Waals surface area contributed by atoms with E-state index in [4.69, 9.17) is 30.5 Å². The molecule has 0 saturated heterocycles. The zero-order valence-corrected chi connectivity index (χ0v) is 15.3. The number of methoxy groups -OCH3 is 4. The highest BCUT2D eigenvalue weighted by Gasteiger charge is 2.14. The van der Waals surface area contributed by atoms with Gasteiger partial charge in [0, 0.05) is 12.1 Å². The number of nitrogens with one attached hydrogen (secondary N) is 1. The van der Waals surface area contributed by atoms with Crippen LogP contribution in [0.5, 0.6) is 23.0 Å². The van der Waals surface area contributed by atoms with Crippen LogP contribution in [0.1, 0.15) is 5.56 Å². The van der Waals surface area contributed by atoms with Crippen LogP contribution in [0, 0.1) is 0 Å². The zero-order valence-electron chi connectivity index (χ0n) is 14.5. The molecule has 0 aliphatic heterocycles. The molecule has 1 amide bonds. The molecule has 0 spiro atoms. The van der Waals surface area contributed by atoms with Crippen LogP contribution in [-0.4, -0.2) is 34.3 Å². The van der Waals surface area contributed by atoms with E-state index < -0.39 is 0 Å². The van der Waals surface area contributed by atoms with Crippen molar-refractivity contribution in [1.29, 1.82) is 0 Å². The third-order valence-electron chi connectivity index (χ3n) is 3.56. The van der Waals surface area contributed by atoms with Gasteiger partial charge >= 0.3 is 0 Å². The highest BCUT2D eigenvalue weighted by molar-refractivity contribution is 6.32. The van der Waals surface area contributed by atoms with E-state index in [1.165, 1.54) is 14.2 Å². The highest BCUT2D eigenvalue weighted by Crippen LogP contribution is 2.36. The lowest BCUT2D eigenvalue weighted by molar-refractivity contribution is -0.115. The molecule has 0 atom stereocenters. The predicted octanol–water partition coefficient (Wildman–Crippen LogP) is 3.56. The molecule has 0 aliphatic carbocycles. The molecule has 0 radical (unpaired) electrons. The fourth-order valence-corrected chi connectivity index (χ4v) is 2.56. The first kappa shape index (κ1) is 18.7. The van der Waals surface area contributed by atoms with Gasteiger partial charge in [-0.3, -0.25) is 4.79 Å². The van der Waals surface area contributed by atoms with Gasteiger partial charge in [-0.1, -0.05) is 17.7 Å². The molecule has 2 rings (SSSR count). The summed E-state index contributed by atoms with van der Waals surface area (Å²) in [5, 5.41) is 3.20. The van der Waals surface area contributed by atoms with Crippen LogP contribution in [0.3, 0.4) is 0 Å². The Labute approximate surface area is 151 Å². The molecule has 2 aromatic rings. The molecule has 134 valence electrons. The van der Waals surface area contributed by atoms with E-state index in [0.29, 0.717) is 33.7 Å². The molecule has 0 aromatic heterocycles. The van der Waals surface area contributed by atoms with E-state index in [1.54, 1.807) is 44.6 Å². The van der Waals surface area contributed by atoms with Crippen molar-refractivity contribution in [2.24, 2.45) is 0 Å². The predicted molar refractivity (Wildman–Crippen MR) is 96.4 cm³/mol. The molecule has 1 N–H and O–H groups in total. The lowest BCUT2D eigenvalue weighted by Gasteiger charge is -2.13. The van der Waals surface area contributed by atoms with Crippen LogP contribution in [0.4, 0.5) is 5.69 Å². The van der Waals surface area contributed by atoms with Crippen molar-refractivity contribution in [3.05, 3.63) is 40.9 Å². The van der Waals surface area contributed by atoms with Gasteiger partial charge in [0.1, 0.15) is 11.5 Å². The minimum atomic E-state index is -0.213. The van der Waals surface area contributed by atoms with Crippen LogP contribution in [0.15, 0.2) is 30.3 Å². The average Bonchev–Trinajstić information content (AvgIpc) is 2.62. The summed E-state index contributed by atoms with van der Waals surface area (Å²) in [6.07, 6.45) is 0.161. The number of benzene rings is 2. The smallest absolute Gasteiger partial charge is 0.228 e. The van der Waals surface area contributed by atoms with E-state index in [-0.39, 0.29) is 12.3 Å². The van der Waals surface area contributed by atoms with Gasteiger partial charge in [-0.2, -0.15) is 0 Å². The first-order chi connectivity index (χ1) is 12.0. The summed E-state index contributed by atoms with van der Waals surface area (Å²) in [5.74, 6) is 1.86. The van der Waals surface area contributed by atoms with Crippen molar-refractivity contribution in [1.82, 2.24) is 0 Å². The van der Waals surface area contributed by atoms with Gasteiger partial charge in [-0.25, -0.2) is 0 Å². The van der Waals surface area contributed by atoms with Gasteiger partial charge in [-0.05, 0) is 17.7 Å². The van der Waals surface area contributed by atoms with Crippen molar-refractivity contribution in [3.8, 4) is 23.0 Å². The summed E-state index contributed by atoms with van der Waals surface area (Å²) in [7, 11) is 6.11. The van der Waals surface area contributed by atoms with Crippen LogP contribution >= 0.6 is 11.6 Å². The topological polar surface area (TPSA) is 66.0 Å². The maximum absolute atomic E-state index is 12.4. The quantitative estimate of drug-likeness (QED) is 0.812. The summed E-state index contributed by atoms with van der Waals surface area (Å²) in [6, 6.07) is 8.53. The standard InChI is InChI=1S/C18H20ClNO5/c1-22-14-6-5-11(7-17(14)25-4)8-18(21)20-13-10-15(23-2)12(19)9-16(13)24-3/h5-7,9-10H,8H2,1-4H3,(H,20,21). The SMILES string of the molecule is COc1cc(NC(=O)Cc2ccc(OC)c(OC)c2)c(OC)cc1Cl. The summed E-state index contributed by atoms with van der Waals surface area (Å²) < 4.78 is 20.9. The number of carbonyl (C=O) groups excluding carboxylic acids is 1. The fourth-order valence-electron chi connectivity index (χ4n) is 2.33. The van der Waals surface area contributed by atoms with E-state index in [0.717, 1.165) is 5.56 Å². The number of ether oxygens (including phenoxy) is 4. The second-order valence-corrected chi connectivity index (χ2v) is 5.51. The molecular formula is C18H20ClNO5. The molecule has 0 fully saturated rings. The maximum atomic E-state index is 12.4. The van der Waals surface area contributed by atoms with Crippen LogP contribution in [0.25, 0.3) is 0 Å². The summed E-state index contributed by atoms with van der Waals surface area (Å²) >= 11 is 6.07. The van der Waals surface area contributed by atoms with Crippen molar-refractivity contribution >= 4 is 23.2 Å². The molecule has 0 unspecified atom stereocenters. The summed E-state index contributed by atoms with van der Waals surface area (Å²) in [4.78, 5) is 12.4. The Morgan fingerprint density at radius 3 is 2.12 bits per heavy atom. The number of hydrogen-bond donors (Lipinski definition) is 1. The number of amides is 1. The lowest BCUT2D eigenvalue weighted by Crippen LogP contribution is -2.15. The third-order valence-corrected chi connectivity index (χ3v) is 3.86. The van der Waals surface area contributed by atoms with Gasteiger partial charge < -0.3 is 24.3 Å². The van der Waals surface area contributed by atoms with Crippen molar-refractivity contribution < 1.29 is 23.7 Å². The van der Waals surface area contributed by atoms with E-state index in [1.807, 2.05) is 0 Å². The number of anilines is 1. The van der Waals surface area contributed by atoms with Gasteiger partial charge in [0.15, 0.2) is 11.5 Å². The minimum absolute atomic E-state index is 0.161. The van der Waals surface area contributed by atoms with Gasteiger partial charge in [0.2, 0.25) is 5.91 Å². The van der Waals surface area contributed by atoms with E-state index in [9.17, 15) is 4.79 Å². The number of hydrogen-bond acceptors (Lipinski definition) is 5. The fraction of sp³-hybridized carbons (Fsp3) is 0.278. The molecular weight excluding hydrogens is 346 g/mol. The number of halogens is 1. The minimum Gasteiger partial charge on any atom is -0.495 e. The Kier molecular flexibility index (Phi) is 6.36. The maximum Gasteiger partial charge on any atom is 0.228 e. The molecule has 25 heavy (non-hydrogen) atoms. The largest absolute Gasteiger partial charge is 0.495 e. The molecule has 0 saturated carbocycles. The Hall–Kier alpha value is -2.60. The van der Waals surface area contributed by atoms with Crippen LogP contribution < -0.4 is 24.3 Å². The van der Waals surface area contributed by atoms with E-state index >= 15 is 0 Å². The zero-order chi connectivity index (χ0) is 18.4. The highest BCUT2D eigenvalue weighted by atomic mass is 35.5. The van der Waals surface area contributed by atoms with Crippen molar-refractivity contribution in [2.75, 3.05) is 33.8 Å². The molecule has 0 bridgehead atoms. The van der Waals surface area contributed by atoms with Crippen molar-refractivity contribution in [2.45, 2.75) is 6.42 Å². The van der Waals surface area contributed by atoms with Crippen molar-refractivity contribution in [3.63, 3.8) is 0 Å². The third kappa shape index (κ3) is 4.48. The first-order valence-corrected chi connectivity index (χ1v) is 7.82. The average molecular weight is 366 g/mol. The normalized spacial score (nSPS) is 10.1. The number of carbonyl (C=O) groups is 1. The van der Waals surface area contributed by atoms with Gasteiger partial charge in [-0.15, -0.1) is 0 Å². The second-order valence-electron chi connectivity index (χ2n) is 5.10. The Morgan fingerprint density at radius 1 is 0.880 bits per heavy atom. The number of rotatable bonds is 7. The van der Waals surface area contributed by atoms with Gasteiger partial charge in [0.05, 0.1) is 45.6 Å². The molecule has 0 aliphatic rings. The van der Waals surface area contributed by atoms with E-state index in [2.05, 4.69) is 5.32 Å². The Balaban J connectivity index is 2.17.